The molecule has 0 aliphatic heterocycles. The Morgan fingerprint density at radius 3 is 1.75 bits per heavy atom. The molecule has 1 saturated carbocycles. The summed E-state index contributed by atoms with van der Waals surface area (Å²) in [6.45, 7) is 8.22. The monoisotopic (exact) mass is 232 g/mol. The number of halogens is 2. The molecule has 4 unspecified atom stereocenters. The highest BCUT2D eigenvalue weighted by Gasteiger charge is 2.41. The molecule has 96 valence electrons. The molecule has 16 heavy (non-hydrogen) atoms. The summed E-state index contributed by atoms with van der Waals surface area (Å²) in [5.74, 6) is 0.512. The molecule has 0 heterocycles. The molecule has 0 aromatic rings. The van der Waals surface area contributed by atoms with Crippen LogP contribution in [0, 0.1) is 23.7 Å². The van der Waals surface area contributed by atoms with Gasteiger partial charge in [0.25, 0.3) is 0 Å². The first-order valence-electron chi connectivity index (χ1n) is 6.79. The molecule has 4 atom stereocenters. The second-order valence-electron chi connectivity index (χ2n) is 5.61. The Morgan fingerprint density at radius 2 is 1.38 bits per heavy atom. The third-order valence-corrected chi connectivity index (χ3v) is 4.64. The van der Waals surface area contributed by atoms with Crippen LogP contribution in [0.4, 0.5) is 8.78 Å². The van der Waals surface area contributed by atoms with E-state index in [-0.39, 0.29) is 17.8 Å². The van der Waals surface area contributed by atoms with Crippen LogP contribution in [0.1, 0.15) is 53.4 Å². The van der Waals surface area contributed by atoms with Gasteiger partial charge in [0.2, 0.25) is 0 Å². The molecule has 0 bridgehead atoms. The van der Waals surface area contributed by atoms with Crippen molar-refractivity contribution in [2.24, 2.45) is 23.7 Å². The quantitative estimate of drug-likeness (QED) is 0.654. The zero-order valence-corrected chi connectivity index (χ0v) is 11.0. The van der Waals surface area contributed by atoms with Crippen molar-refractivity contribution in [2.45, 2.75) is 65.7 Å². The highest BCUT2D eigenvalue weighted by molar-refractivity contribution is 4.90. The fourth-order valence-corrected chi connectivity index (χ4v) is 3.00. The average Bonchev–Trinajstić information content (AvgIpc) is 2.26. The van der Waals surface area contributed by atoms with Crippen LogP contribution in [0.5, 0.6) is 0 Å². The van der Waals surface area contributed by atoms with Crippen LogP contribution in [0.15, 0.2) is 0 Å². The van der Waals surface area contributed by atoms with Crippen molar-refractivity contribution in [3.8, 4) is 0 Å². The van der Waals surface area contributed by atoms with Gasteiger partial charge in [-0.1, -0.05) is 40.5 Å². The summed E-state index contributed by atoms with van der Waals surface area (Å²) < 4.78 is 28.1. The van der Waals surface area contributed by atoms with E-state index < -0.39 is 12.3 Å². The lowest BCUT2D eigenvalue weighted by molar-refractivity contribution is -0.000920. The molecular weight excluding hydrogens is 206 g/mol. The second-order valence-corrected chi connectivity index (χ2v) is 5.61. The van der Waals surface area contributed by atoms with E-state index in [1.54, 1.807) is 0 Å². The van der Waals surface area contributed by atoms with E-state index in [1.165, 1.54) is 0 Å². The summed E-state index contributed by atoms with van der Waals surface area (Å²) in [6, 6.07) is 0. The maximum absolute atomic E-state index is 14.0. The van der Waals surface area contributed by atoms with E-state index >= 15 is 0 Å². The average molecular weight is 232 g/mol. The predicted octanol–water partition coefficient (Wildman–Crippen LogP) is 4.78. The van der Waals surface area contributed by atoms with Gasteiger partial charge in [0.1, 0.15) is 12.3 Å². The smallest absolute Gasteiger partial charge is 0.106 e. The van der Waals surface area contributed by atoms with Gasteiger partial charge in [0.15, 0.2) is 0 Å². The van der Waals surface area contributed by atoms with Crippen LogP contribution >= 0.6 is 0 Å². The number of hydrogen-bond acceptors (Lipinski definition) is 0. The van der Waals surface area contributed by atoms with Crippen molar-refractivity contribution in [3.05, 3.63) is 0 Å². The zero-order valence-electron chi connectivity index (χ0n) is 11.0. The lowest BCUT2D eigenvalue weighted by Gasteiger charge is -2.39. The molecule has 0 spiro atoms. The van der Waals surface area contributed by atoms with Gasteiger partial charge in [-0.25, -0.2) is 8.78 Å². The van der Waals surface area contributed by atoms with E-state index in [1.807, 2.05) is 13.8 Å². The summed E-state index contributed by atoms with van der Waals surface area (Å²) in [4.78, 5) is 0. The van der Waals surface area contributed by atoms with Crippen molar-refractivity contribution < 1.29 is 8.78 Å². The summed E-state index contributed by atoms with van der Waals surface area (Å²) in [7, 11) is 0. The van der Waals surface area contributed by atoms with Crippen LogP contribution in [0.3, 0.4) is 0 Å². The Labute approximate surface area is 98.8 Å². The molecule has 1 aliphatic rings. The number of hydrogen-bond donors (Lipinski definition) is 0. The summed E-state index contributed by atoms with van der Waals surface area (Å²) in [5.41, 5.74) is 0. The minimum atomic E-state index is -0.933. The van der Waals surface area contributed by atoms with E-state index in [0.29, 0.717) is 18.8 Å². The lowest BCUT2D eigenvalue weighted by atomic mass is 9.69. The third-order valence-electron chi connectivity index (χ3n) is 4.64. The lowest BCUT2D eigenvalue weighted by Crippen LogP contribution is -2.40. The molecule has 0 aromatic carbocycles. The van der Waals surface area contributed by atoms with E-state index in [9.17, 15) is 8.78 Å². The number of alkyl halides is 2. The van der Waals surface area contributed by atoms with Gasteiger partial charge in [-0.15, -0.1) is 0 Å². The van der Waals surface area contributed by atoms with Gasteiger partial charge in [-0.05, 0) is 30.6 Å². The highest BCUT2D eigenvalue weighted by atomic mass is 19.1. The van der Waals surface area contributed by atoms with Crippen molar-refractivity contribution in [2.75, 3.05) is 0 Å². The minimum absolute atomic E-state index is 0.169. The Hall–Kier alpha value is -0.140. The van der Waals surface area contributed by atoms with Crippen molar-refractivity contribution in [1.29, 1.82) is 0 Å². The Bertz CT molecular complexity index is 193. The van der Waals surface area contributed by atoms with Gasteiger partial charge in [0.05, 0.1) is 0 Å². The molecule has 0 saturated heterocycles. The van der Waals surface area contributed by atoms with Gasteiger partial charge in [-0.2, -0.15) is 0 Å². The fraction of sp³-hybridized carbons (Fsp3) is 1.00. The zero-order chi connectivity index (χ0) is 12.3. The maximum atomic E-state index is 14.0. The van der Waals surface area contributed by atoms with Crippen molar-refractivity contribution >= 4 is 0 Å². The first-order chi connectivity index (χ1) is 7.51. The van der Waals surface area contributed by atoms with Crippen LogP contribution in [0.25, 0.3) is 0 Å². The molecule has 0 aromatic heterocycles. The highest BCUT2D eigenvalue weighted by Crippen LogP contribution is 2.41. The molecule has 2 heteroatoms. The molecule has 0 nitrogen and oxygen atoms in total. The molecule has 1 fully saturated rings. The van der Waals surface area contributed by atoms with Gasteiger partial charge < -0.3 is 0 Å². The molecular formula is C14H26F2. The summed E-state index contributed by atoms with van der Waals surface area (Å²) in [6.07, 6.45) is 1.18. The summed E-state index contributed by atoms with van der Waals surface area (Å²) >= 11 is 0. The molecule has 0 amide bonds. The van der Waals surface area contributed by atoms with Crippen molar-refractivity contribution in [1.82, 2.24) is 0 Å². The number of rotatable bonds is 4. The van der Waals surface area contributed by atoms with Crippen LogP contribution in [-0.4, -0.2) is 12.3 Å². The van der Waals surface area contributed by atoms with Gasteiger partial charge in [0, 0.05) is 5.92 Å². The first kappa shape index (κ1) is 13.9. The van der Waals surface area contributed by atoms with E-state index in [4.69, 9.17) is 0 Å². The SMILES string of the molecule is CCC(C)C1CC(F)C(C(C)CC)C(F)C1. The largest absolute Gasteiger partial charge is 0.247 e. The van der Waals surface area contributed by atoms with Crippen LogP contribution in [-0.2, 0) is 0 Å². The van der Waals surface area contributed by atoms with E-state index in [0.717, 1.165) is 12.8 Å². The van der Waals surface area contributed by atoms with Gasteiger partial charge in [-0.3, -0.25) is 0 Å². The molecule has 1 rings (SSSR count). The standard InChI is InChI=1S/C14H26F2/c1-5-9(3)11-7-12(15)14(10(4)6-2)13(16)8-11/h9-14H,5-8H2,1-4H3. The van der Waals surface area contributed by atoms with Crippen LogP contribution in [0.2, 0.25) is 0 Å². The van der Waals surface area contributed by atoms with Gasteiger partial charge >= 0.3 is 0 Å². The van der Waals surface area contributed by atoms with Crippen molar-refractivity contribution in [3.63, 3.8) is 0 Å². The fourth-order valence-electron chi connectivity index (χ4n) is 3.00. The molecule has 0 N–H and O–H groups in total. The summed E-state index contributed by atoms with van der Waals surface area (Å²) in [5, 5.41) is 0. The minimum Gasteiger partial charge on any atom is -0.247 e. The van der Waals surface area contributed by atoms with E-state index in [2.05, 4.69) is 13.8 Å². The Morgan fingerprint density at radius 1 is 0.938 bits per heavy atom. The Kier molecular flexibility index (Phi) is 5.20. The topological polar surface area (TPSA) is 0 Å². The first-order valence-corrected chi connectivity index (χ1v) is 6.79. The Balaban J connectivity index is 2.63. The maximum Gasteiger partial charge on any atom is 0.106 e. The molecule has 0 radical (unpaired) electrons. The second kappa shape index (κ2) is 5.97. The van der Waals surface area contributed by atoms with Crippen LogP contribution < -0.4 is 0 Å². The predicted molar refractivity (Wildman–Crippen MR) is 64.9 cm³/mol. The normalized spacial score (nSPS) is 39.4. The molecule has 1 aliphatic carbocycles. The third kappa shape index (κ3) is 2.95.